The molecule has 0 aromatic rings. The third-order valence-corrected chi connectivity index (χ3v) is 15.6. The van der Waals surface area contributed by atoms with E-state index in [1.54, 1.807) is 0 Å². The maximum absolute atomic E-state index is 13.0. The number of allylic oxidation sites excluding steroid dienone is 12. The fourth-order valence-corrected chi connectivity index (χ4v) is 10.3. The maximum Gasteiger partial charge on any atom is 0.472 e. The zero-order valence-electron chi connectivity index (χ0n) is 53.0. The van der Waals surface area contributed by atoms with Crippen molar-refractivity contribution in [3.63, 3.8) is 0 Å². The lowest BCUT2D eigenvalue weighted by Crippen LogP contribution is -2.30. The molecular formula is C70H125O11P. The smallest absolute Gasteiger partial charge is 0.462 e. The van der Waals surface area contributed by atoms with E-state index in [0.717, 1.165) is 103 Å². The summed E-state index contributed by atoms with van der Waals surface area (Å²) in [7, 11) is -4.76. The second-order valence-electron chi connectivity index (χ2n) is 22.6. The predicted octanol–water partition coefficient (Wildman–Crippen LogP) is 20.8. The van der Waals surface area contributed by atoms with Crippen LogP contribution in [0.15, 0.2) is 72.9 Å². The zero-order valence-corrected chi connectivity index (χ0v) is 53.8. The number of hydrogen-bond acceptors (Lipinski definition) is 10. The van der Waals surface area contributed by atoms with Crippen molar-refractivity contribution in [2.75, 3.05) is 26.4 Å². The Bertz CT molecular complexity index is 1650. The molecule has 476 valence electrons. The van der Waals surface area contributed by atoms with Crippen molar-refractivity contribution < 1.29 is 52.2 Å². The van der Waals surface area contributed by atoms with Gasteiger partial charge in [-0.1, -0.05) is 280 Å². The molecule has 0 saturated carbocycles. The number of aliphatic hydroxyl groups is 1. The van der Waals surface area contributed by atoms with Crippen molar-refractivity contribution in [1.82, 2.24) is 0 Å². The normalized spacial score (nSPS) is 13.7. The lowest BCUT2D eigenvalue weighted by atomic mass is 10.0. The molecule has 2 N–H and O–H groups in total. The molecule has 0 aromatic carbocycles. The van der Waals surface area contributed by atoms with Crippen molar-refractivity contribution in [1.29, 1.82) is 0 Å². The van der Waals surface area contributed by atoms with Crippen LogP contribution in [-0.4, -0.2) is 66.5 Å². The number of phosphoric ester groups is 1. The molecule has 0 aliphatic rings. The number of ether oxygens (including phenoxy) is 3. The van der Waals surface area contributed by atoms with E-state index in [-0.39, 0.29) is 25.9 Å². The first-order valence-electron chi connectivity index (χ1n) is 33.8. The average molecular weight is 1170 g/mol. The summed E-state index contributed by atoms with van der Waals surface area (Å²) in [6, 6.07) is 0. The van der Waals surface area contributed by atoms with Gasteiger partial charge in [0.15, 0.2) is 6.10 Å². The van der Waals surface area contributed by atoms with Crippen molar-refractivity contribution in [2.45, 2.75) is 328 Å². The first-order chi connectivity index (χ1) is 40.2. The van der Waals surface area contributed by atoms with E-state index in [1.807, 2.05) is 0 Å². The van der Waals surface area contributed by atoms with Gasteiger partial charge < -0.3 is 24.2 Å². The van der Waals surface area contributed by atoms with Crippen LogP contribution in [0.4, 0.5) is 0 Å². The molecule has 0 aliphatic carbocycles. The third-order valence-electron chi connectivity index (χ3n) is 14.6. The molecule has 0 aromatic heterocycles. The summed E-state index contributed by atoms with van der Waals surface area (Å²) >= 11 is 0. The largest absolute Gasteiger partial charge is 0.472 e. The maximum atomic E-state index is 13.0. The summed E-state index contributed by atoms with van der Waals surface area (Å²) in [5.41, 5.74) is 0. The number of unbranched alkanes of at least 4 members (excludes halogenated alkanes) is 34. The van der Waals surface area contributed by atoms with Gasteiger partial charge in [-0.05, 0) is 89.9 Å². The van der Waals surface area contributed by atoms with E-state index in [4.69, 9.17) is 23.3 Å². The minimum absolute atomic E-state index is 0.149. The van der Waals surface area contributed by atoms with Crippen LogP contribution in [0.2, 0.25) is 0 Å². The molecule has 0 spiro atoms. The Kier molecular flexibility index (Phi) is 61.5. The Labute approximate surface area is 503 Å². The van der Waals surface area contributed by atoms with E-state index in [2.05, 4.69) is 93.7 Å². The molecule has 12 heteroatoms. The standard InChI is InChI=1S/C70H125O11P/c1-4-7-10-13-16-19-22-25-28-31-33-36-38-41-44-47-50-53-56-59-68(72)77-63-67(81-70(74)61-58-55-52-49-46-43-40-37-34-32-29-26-23-20-17-14-11-8-5-2)65-79-82(75,76)78-64-66(62-71)80-69(73)60-57-54-51-48-45-42-39-35-30-27-24-21-18-15-12-9-6-3/h9,12,16,18-19,21,25,27-28,30,39,42,66-67,71H,4-8,10-11,13-15,17,20,22-24,26,29,31-38,40-41,43-65H2,1-3H3,(H,75,76)/b12-9-,19-16-,21-18-,28-25-,30-27-,42-39-. The number of carbonyl (C=O) groups is 3. The summed E-state index contributed by atoms with van der Waals surface area (Å²) in [4.78, 5) is 48.9. The number of carbonyl (C=O) groups excluding carboxylic acids is 3. The van der Waals surface area contributed by atoms with Crippen LogP contribution in [0.3, 0.4) is 0 Å². The van der Waals surface area contributed by atoms with Gasteiger partial charge in [-0.3, -0.25) is 23.4 Å². The van der Waals surface area contributed by atoms with E-state index >= 15 is 0 Å². The molecule has 3 atom stereocenters. The third kappa shape index (κ3) is 61.5. The van der Waals surface area contributed by atoms with Crippen LogP contribution in [0.25, 0.3) is 0 Å². The van der Waals surface area contributed by atoms with Crippen LogP contribution in [0, 0.1) is 0 Å². The fourth-order valence-electron chi connectivity index (χ4n) is 9.50. The molecular weight excluding hydrogens is 1050 g/mol. The molecule has 3 unspecified atom stereocenters. The van der Waals surface area contributed by atoms with Gasteiger partial charge in [-0.2, -0.15) is 0 Å². The van der Waals surface area contributed by atoms with Crippen molar-refractivity contribution in [2.24, 2.45) is 0 Å². The Balaban J connectivity index is 4.70. The van der Waals surface area contributed by atoms with Gasteiger partial charge >= 0.3 is 25.7 Å². The molecule has 82 heavy (non-hydrogen) atoms. The first kappa shape index (κ1) is 78.9. The molecule has 0 rings (SSSR count). The predicted molar refractivity (Wildman–Crippen MR) is 344 cm³/mol. The Morgan fingerprint density at radius 2 is 0.634 bits per heavy atom. The van der Waals surface area contributed by atoms with Crippen LogP contribution < -0.4 is 0 Å². The van der Waals surface area contributed by atoms with E-state index in [1.165, 1.54) is 154 Å². The van der Waals surface area contributed by atoms with Gasteiger partial charge in [0.05, 0.1) is 19.8 Å². The summed E-state index contributed by atoms with van der Waals surface area (Å²) in [5.74, 6) is -1.47. The monoisotopic (exact) mass is 1170 g/mol. The van der Waals surface area contributed by atoms with Crippen molar-refractivity contribution in [3.05, 3.63) is 72.9 Å². The van der Waals surface area contributed by atoms with Crippen LogP contribution in [0.5, 0.6) is 0 Å². The lowest BCUT2D eigenvalue weighted by Gasteiger charge is -2.21. The minimum atomic E-state index is -4.76. The molecule has 0 heterocycles. The highest BCUT2D eigenvalue weighted by atomic mass is 31.2. The minimum Gasteiger partial charge on any atom is -0.462 e. The number of aliphatic hydroxyl groups excluding tert-OH is 1. The highest BCUT2D eigenvalue weighted by Gasteiger charge is 2.28. The van der Waals surface area contributed by atoms with Gasteiger partial charge in [-0.15, -0.1) is 0 Å². The van der Waals surface area contributed by atoms with Crippen molar-refractivity contribution >= 4 is 25.7 Å². The summed E-state index contributed by atoms with van der Waals surface area (Å²) in [5, 5.41) is 9.86. The topological polar surface area (TPSA) is 155 Å². The van der Waals surface area contributed by atoms with E-state index in [0.29, 0.717) is 19.3 Å². The molecule has 0 radical (unpaired) electrons. The summed E-state index contributed by atoms with van der Waals surface area (Å²) in [6.45, 7) is 4.54. The van der Waals surface area contributed by atoms with Gasteiger partial charge in [0.2, 0.25) is 0 Å². The summed E-state index contributed by atoms with van der Waals surface area (Å²) in [6.07, 6.45) is 74.2. The Morgan fingerprint density at radius 1 is 0.354 bits per heavy atom. The first-order valence-corrected chi connectivity index (χ1v) is 35.3. The highest BCUT2D eigenvalue weighted by molar-refractivity contribution is 7.47. The quantitative estimate of drug-likeness (QED) is 0.0197. The fraction of sp³-hybridized carbons (Fsp3) is 0.786. The van der Waals surface area contributed by atoms with E-state index < -0.39 is 57.8 Å². The number of phosphoric acid groups is 1. The average Bonchev–Trinajstić information content (AvgIpc) is 3.49. The SMILES string of the molecule is CC/C=C\C/C=C\C/C=C\C/C=C\CCCCCCC(=O)OC(CO)COP(=O)(O)OCC(COC(=O)CCCCCCCCCCC/C=C\C/C=C\CCCCC)OC(=O)CCCCCCCCCCCCCCCCCCCCC. The van der Waals surface area contributed by atoms with Gasteiger partial charge in [0.1, 0.15) is 12.7 Å². The second-order valence-corrected chi connectivity index (χ2v) is 24.1. The lowest BCUT2D eigenvalue weighted by molar-refractivity contribution is -0.161. The number of hydrogen-bond donors (Lipinski definition) is 2. The van der Waals surface area contributed by atoms with E-state index in [9.17, 15) is 28.9 Å². The number of rotatable bonds is 63. The van der Waals surface area contributed by atoms with Gasteiger partial charge in [-0.25, -0.2) is 4.57 Å². The highest BCUT2D eigenvalue weighted by Crippen LogP contribution is 2.43. The second kappa shape index (κ2) is 63.9. The molecule has 0 fully saturated rings. The number of esters is 3. The van der Waals surface area contributed by atoms with Crippen LogP contribution >= 0.6 is 7.82 Å². The van der Waals surface area contributed by atoms with Crippen LogP contribution in [0.1, 0.15) is 316 Å². The van der Waals surface area contributed by atoms with Gasteiger partial charge in [0.25, 0.3) is 0 Å². The zero-order chi connectivity index (χ0) is 59.8. The van der Waals surface area contributed by atoms with Gasteiger partial charge in [0, 0.05) is 19.3 Å². The van der Waals surface area contributed by atoms with Crippen LogP contribution in [-0.2, 0) is 42.2 Å². The Hall–Kier alpha value is -3.08. The molecule has 0 bridgehead atoms. The summed E-state index contributed by atoms with van der Waals surface area (Å²) < 4.78 is 39.8. The molecule has 0 saturated heterocycles. The Morgan fingerprint density at radius 3 is 1.00 bits per heavy atom. The van der Waals surface area contributed by atoms with Crippen molar-refractivity contribution in [3.8, 4) is 0 Å². The molecule has 0 amide bonds. The molecule has 0 aliphatic heterocycles. The molecule has 11 nitrogen and oxygen atoms in total.